The molecule has 1 atom stereocenters. The fraction of sp³-hybridized carbons (Fsp3) is 0.333. The van der Waals surface area contributed by atoms with Crippen LogP contribution >= 0.6 is 11.6 Å². The van der Waals surface area contributed by atoms with Crippen molar-refractivity contribution in [3.05, 3.63) is 52.3 Å². The first-order chi connectivity index (χ1) is 10.1. The van der Waals surface area contributed by atoms with Crippen molar-refractivity contribution in [2.75, 3.05) is 6.61 Å². The summed E-state index contributed by atoms with van der Waals surface area (Å²) < 4.78 is 1.48. The summed E-state index contributed by atoms with van der Waals surface area (Å²) in [4.78, 5) is 12.4. The van der Waals surface area contributed by atoms with Crippen molar-refractivity contribution in [3.63, 3.8) is 0 Å². The largest absolute Gasteiger partial charge is 0.394 e. The van der Waals surface area contributed by atoms with Gasteiger partial charge in [0.05, 0.1) is 23.9 Å². The molecule has 0 fully saturated rings. The maximum atomic E-state index is 12.4. The van der Waals surface area contributed by atoms with Gasteiger partial charge in [0, 0.05) is 7.05 Å². The number of nitrogens with one attached hydrogen (secondary N) is 1. The number of amides is 1. The van der Waals surface area contributed by atoms with Crippen LogP contribution in [0, 0.1) is 0 Å². The summed E-state index contributed by atoms with van der Waals surface area (Å²) in [5.74, 6) is -0.326. The molecule has 0 saturated carbocycles. The zero-order valence-electron chi connectivity index (χ0n) is 12.0. The van der Waals surface area contributed by atoms with Gasteiger partial charge >= 0.3 is 0 Å². The van der Waals surface area contributed by atoms with Crippen LogP contribution in [0.1, 0.15) is 34.6 Å². The van der Waals surface area contributed by atoms with Gasteiger partial charge in [0.25, 0.3) is 5.91 Å². The Hall–Kier alpha value is -1.85. The number of carbonyl (C=O) groups is 1. The number of hydrogen-bond donors (Lipinski definition) is 2. The fourth-order valence-electron chi connectivity index (χ4n) is 2.18. The van der Waals surface area contributed by atoms with Crippen LogP contribution < -0.4 is 5.32 Å². The number of aliphatic hydroxyl groups is 1. The first-order valence-corrected chi connectivity index (χ1v) is 7.14. The zero-order chi connectivity index (χ0) is 15.4. The van der Waals surface area contributed by atoms with E-state index in [1.165, 1.54) is 4.68 Å². The van der Waals surface area contributed by atoms with Gasteiger partial charge in [-0.15, -0.1) is 0 Å². The summed E-state index contributed by atoms with van der Waals surface area (Å²) >= 11 is 6.14. The molecular formula is C15H18ClN3O2. The predicted octanol–water partition coefficient (Wildman–Crippen LogP) is 2.10. The number of nitrogens with zero attached hydrogens (tertiary/aromatic N) is 2. The molecule has 1 amide bonds. The van der Waals surface area contributed by atoms with Gasteiger partial charge in [-0.3, -0.25) is 9.48 Å². The normalized spacial score (nSPS) is 12.2. The van der Waals surface area contributed by atoms with E-state index in [1.807, 2.05) is 37.3 Å². The highest BCUT2D eigenvalue weighted by atomic mass is 35.5. The van der Waals surface area contributed by atoms with Crippen LogP contribution in [-0.4, -0.2) is 27.4 Å². The van der Waals surface area contributed by atoms with Gasteiger partial charge in [0.2, 0.25) is 0 Å². The van der Waals surface area contributed by atoms with E-state index < -0.39 is 6.04 Å². The SMILES string of the molecule is CCc1nn(C)c(Cl)c1C(=O)N[C@H](CO)c1ccccc1. The summed E-state index contributed by atoms with van der Waals surface area (Å²) in [5.41, 5.74) is 1.85. The average molecular weight is 308 g/mol. The Bertz CT molecular complexity index is 625. The molecular weight excluding hydrogens is 290 g/mol. The highest BCUT2D eigenvalue weighted by Gasteiger charge is 2.23. The Morgan fingerprint density at radius 1 is 1.43 bits per heavy atom. The van der Waals surface area contributed by atoms with Crippen molar-refractivity contribution in [2.45, 2.75) is 19.4 Å². The van der Waals surface area contributed by atoms with Gasteiger partial charge in [0.1, 0.15) is 5.15 Å². The van der Waals surface area contributed by atoms with Crippen molar-refractivity contribution in [2.24, 2.45) is 7.05 Å². The fourth-order valence-corrected chi connectivity index (χ4v) is 2.41. The zero-order valence-corrected chi connectivity index (χ0v) is 12.8. The van der Waals surface area contributed by atoms with E-state index in [4.69, 9.17) is 11.6 Å². The van der Waals surface area contributed by atoms with Gasteiger partial charge in [-0.2, -0.15) is 5.10 Å². The number of hydrogen-bond acceptors (Lipinski definition) is 3. The first-order valence-electron chi connectivity index (χ1n) is 6.76. The molecule has 1 heterocycles. The van der Waals surface area contributed by atoms with Crippen LogP contribution in [0.25, 0.3) is 0 Å². The molecule has 0 saturated heterocycles. The molecule has 6 heteroatoms. The maximum Gasteiger partial charge on any atom is 0.256 e. The number of aromatic nitrogens is 2. The minimum absolute atomic E-state index is 0.185. The number of halogens is 1. The number of aryl methyl sites for hydroxylation is 2. The van der Waals surface area contributed by atoms with Crippen LogP contribution in [0.4, 0.5) is 0 Å². The Labute approximate surface area is 128 Å². The number of benzene rings is 1. The summed E-state index contributed by atoms with van der Waals surface area (Å²) in [5, 5.41) is 16.8. The monoisotopic (exact) mass is 307 g/mol. The van der Waals surface area contributed by atoms with Crippen molar-refractivity contribution < 1.29 is 9.90 Å². The van der Waals surface area contributed by atoms with Gasteiger partial charge in [-0.1, -0.05) is 48.9 Å². The lowest BCUT2D eigenvalue weighted by Crippen LogP contribution is -2.31. The van der Waals surface area contributed by atoms with Gasteiger partial charge in [-0.25, -0.2) is 0 Å². The molecule has 5 nitrogen and oxygen atoms in total. The molecule has 1 aromatic carbocycles. The third-order valence-corrected chi connectivity index (χ3v) is 3.74. The van der Waals surface area contributed by atoms with E-state index in [9.17, 15) is 9.90 Å². The van der Waals surface area contributed by atoms with Crippen LogP contribution in [0.2, 0.25) is 5.15 Å². The highest BCUT2D eigenvalue weighted by molar-refractivity contribution is 6.33. The molecule has 21 heavy (non-hydrogen) atoms. The molecule has 0 unspecified atom stereocenters. The van der Waals surface area contributed by atoms with Crippen LogP contribution in [0.15, 0.2) is 30.3 Å². The average Bonchev–Trinajstić information content (AvgIpc) is 2.80. The van der Waals surface area contributed by atoms with E-state index in [0.29, 0.717) is 22.8 Å². The lowest BCUT2D eigenvalue weighted by Gasteiger charge is -2.16. The molecule has 0 aliphatic heterocycles. The van der Waals surface area contributed by atoms with Crippen molar-refractivity contribution in [1.29, 1.82) is 0 Å². The standard InChI is InChI=1S/C15H18ClN3O2/c1-3-11-13(14(16)19(2)18-11)15(21)17-12(9-20)10-7-5-4-6-8-10/h4-8,12,20H,3,9H2,1-2H3,(H,17,21)/t12-/m1/s1. The minimum atomic E-state index is -0.473. The smallest absolute Gasteiger partial charge is 0.256 e. The number of rotatable bonds is 5. The third-order valence-electron chi connectivity index (χ3n) is 3.30. The second-order valence-electron chi connectivity index (χ2n) is 4.71. The second-order valence-corrected chi connectivity index (χ2v) is 5.07. The van der Waals surface area contributed by atoms with Crippen molar-refractivity contribution in [1.82, 2.24) is 15.1 Å². The Morgan fingerprint density at radius 2 is 2.10 bits per heavy atom. The maximum absolute atomic E-state index is 12.4. The quantitative estimate of drug-likeness (QED) is 0.889. The van der Waals surface area contributed by atoms with Crippen molar-refractivity contribution in [3.8, 4) is 0 Å². The van der Waals surface area contributed by atoms with E-state index in [2.05, 4.69) is 10.4 Å². The van der Waals surface area contributed by atoms with Crippen LogP contribution in [-0.2, 0) is 13.5 Å². The van der Waals surface area contributed by atoms with Crippen LogP contribution in [0.5, 0.6) is 0 Å². The minimum Gasteiger partial charge on any atom is -0.394 e. The lowest BCUT2D eigenvalue weighted by atomic mass is 10.1. The second kappa shape index (κ2) is 6.74. The molecule has 0 aliphatic rings. The molecule has 0 bridgehead atoms. The molecule has 0 aliphatic carbocycles. The Morgan fingerprint density at radius 3 is 2.67 bits per heavy atom. The molecule has 2 N–H and O–H groups in total. The molecule has 112 valence electrons. The topological polar surface area (TPSA) is 67.2 Å². The van der Waals surface area contributed by atoms with Gasteiger partial charge in [0.15, 0.2) is 0 Å². The van der Waals surface area contributed by atoms with Crippen molar-refractivity contribution >= 4 is 17.5 Å². The number of carbonyl (C=O) groups excluding carboxylic acids is 1. The number of aliphatic hydroxyl groups excluding tert-OH is 1. The van der Waals surface area contributed by atoms with E-state index in [-0.39, 0.29) is 12.5 Å². The van der Waals surface area contributed by atoms with Crippen LogP contribution in [0.3, 0.4) is 0 Å². The molecule has 0 radical (unpaired) electrons. The summed E-state index contributed by atoms with van der Waals surface area (Å²) in [6.07, 6.45) is 0.610. The molecule has 2 rings (SSSR count). The molecule has 2 aromatic rings. The molecule has 1 aromatic heterocycles. The molecule has 0 spiro atoms. The van der Waals surface area contributed by atoms with E-state index >= 15 is 0 Å². The lowest BCUT2D eigenvalue weighted by molar-refractivity contribution is 0.0915. The summed E-state index contributed by atoms with van der Waals surface area (Å²) in [7, 11) is 1.69. The first kappa shape index (κ1) is 15.5. The Kier molecular flexibility index (Phi) is 4.98. The van der Waals surface area contributed by atoms with Gasteiger partial charge in [-0.05, 0) is 12.0 Å². The van der Waals surface area contributed by atoms with Gasteiger partial charge < -0.3 is 10.4 Å². The summed E-state index contributed by atoms with van der Waals surface area (Å²) in [6, 6.07) is 8.84. The Balaban J connectivity index is 2.25. The third kappa shape index (κ3) is 3.25. The van der Waals surface area contributed by atoms with E-state index in [0.717, 1.165) is 5.56 Å². The predicted molar refractivity (Wildman–Crippen MR) is 81.3 cm³/mol. The highest BCUT2D eigenvalue weighted by Crippen LogP contribution is 2.21. The summed E-state index contributed by atoms with van der Waals surface area (Å²) in [6.45, 7) is 1.73. The van der Waals surface area contributed by atoms with E-state index in [1.54, 1.807) is 7.05 Å².